The number of benzene rings is 1. The third kappa shape index (κ3) is 3.41. The van der Waals surface area contributed by atoms with E-state index in [-0.39, 0.29) is 5.56 Å². The van der Waals surface area contributed by atoms with Gasteiger partial charge in [-0.25, -0.2) is 0 Å². The largest absolute Gasteiger partial charge is 0.481 e. The first-order valence-electron chi connectivity index (χ1n) is 4.21. The molecule has 1 aromatic carbocycles. The van der Waals surface area contributed by atoms with Crippen molar-refractivity contribution in [3.63, 3.8) is 0 Å². The quantitative estimate of drug-likeness (QED) is 0.595. The van der Waals surface area contributed by atoms with E-state index in [1.165, 1.54) is 6.07 Å². The second-order valence-electron chi connectivity index (χ2n) is 2.94. The molecule has 90 valence electrons. The third-order valence-corrected chi connectivity index (χ3v) is 1.75. The van der Waals surface area contributed by atoms with Crippen LogP contribution in [0.1, 0.15) is 5.56 Å². The summed E-state index contributed by atoms with van der Waals surface area (Å²) in [4.78, 5) is 34.2. The molecule has 1 aromatic rings. The SMILES string of the molecule is O=C(O)Cc1ccc(O[N+](=O)[O-])c([N+](=O)[O-])c1. The van der Waals surface area contributed by atoms with Gasteiger partial charge in [0.2, 0.25) is 5.75 Å². The van der Waals surface area contributed by atoms with Gasteiger partial charge in [0.15, 0.2) is 0 Å². The Bertz CT molecular complexity index is 485. The molecule has 1 N–H and O–H groups in total. The van der Waals surface area contributed by atoms with Gasteiger partial charge in [-0.2, -0.15) is 0 Å². The van der Waals surface area contributed by atoms with Crippen LogP contribution in [0.5, 0.6) is 5.75 Å². The Morgan fingerprint density at radius 1 is 1.35 bits per heavy atom. The zero-order valence-electron chi connectivity index (χ0n) is 8.23. The summed E-state index contributed by atoms with van der Waals surface area (Å²) in [7, 11) is 0. The van der Waals surface area contributed by atoms with E-state index >= 15 is 0 Å². The second-order valence-corrected chi connectivity index (χ2v) is 2.94. The van der Waals surface area contributed by atoms with Gasteiger partial charge in [-0.1, -0.05) is 6.07 Å². The number of nitro benzene ring substituents is 1. The van der Waals surface area contributed by atoms with Crippen molar-refractivity contribution in [2.24, 2.45) is 0 Å². The molecule has 0 amide bonds. The molecule has 0 aliphatic carbocycles. The van der Waals surface area contributed by atoms with Crippen molar-refractivity contribution in [2.75, 3.05) is 0 Å². The summed E-state index contributed by atoms with van der Waals surface area (Å²) in [5.74, 6) is -1.71. The van der Waals surface area contributed by atoms with Gasteiger partial charge in [0.05, 0.1) is 11.3 Å². The molecule has 17 heavy (non-hydrogen) atoms. The maximum absolute atomic E-state index is 10.6. The summed E-state index contributed by atoms with van der Waals surface area (Å²) in [5.41, 5.74) is -0.500. The van der Waals surface area contributed by atoms with Gasteiger partial charge in [-0.05, 0) is 11.6 Å². The highest BCUT2D eigenvalue weighted by molar-refractivity contribution is 5.70. The first kappa shape index (κ1) is 12.4. The number of carboxylic acid groups (broad SMARTS) is 1. The third-order valence-electron chi connectivity index (χ3n) is 1.75. The lowest BCUT2D eigenvalue weighted by molar-refractivity contribution is -0.711. The lowest BCUT2D eigenvalue weighted by Gasteiger charge is -2.02. The highest BCUT2D eigenvalue weighted by Gasteiger charge is 2.18. The second kappa shape index (κ2) is 4.88. The summed E-state index contributed by atoms with van der Waals surface area (Å²) in [5, 5.41) is 28.0. The Labute approximate surface area is 93.5 Å². The van der Waals surface area contributed by atoms with Crippen molar-refractivity contribution in [1.29, 1.82) is 0 Å². The number of nitro groups is 1. The van der Waals surface area contributed by atoms with Gasteiger partial charge in [-0.15, -0.1) is 10.1 Å². The van der Waals surface area contributed by atoms with Crippen LogP contribution < -0.4 is 4.84 Å². The smallest absolute Gasteiger partial charge is 0.307 e. The normalized spacial score (nSPS) is 9.65. The fraction of sp³-hybridized carbons (Fsp3) is 0.125. The van der Waals surface area contributed by atoms with E-state index in [2.05, 4.69) is 4.84 Å². The number of nitrogens with zero attached hydrogens (tertiary/aromatic N) is 2. The van der Waals surface area contributed by atoms with Gasteiger partial charge in [0.25, 0.3) is 10.8 Å². The highest BCUT2D eigenvalue weighted by atomic mass is 17.0. The number of carboxylic acids is 1. The average Bonchev–Trinajstić information content (AvgIpc) is 2.18. The lowest BCUT2D eigenvalue weighted by atomic mass is 10.1. The molecule has 0 aromatic heterocycles. The lowest BCUT2D eigenvalue weighted by Crippen LogP contribution is -2.07. The molecule has 0 saturated heterocycles. The summed E-state index contributed by atoms with van der Waals surface area (Å²) in [6.07, 6.45) is -0.417. The molecule has 0 heterocycles. The summed E-state index contributed by atoms with van der Waals surface area (Å²) in [6, 6.07) is 3.12. The number of aliphatic carboxylic acids is 1. The van der Waals surface area contributed by atoms with E-state index in [0.29, 0.717) is 0 Å². The molecule has 0 fully saturated rings. The monoisotopic (exact) mass is 242 g/mol. The Balaban J connectivity index is 3.12. The molecular weight excluding hydrogens is 236 g/mol. The first-order chi connectivity index (χ1) is 7.90. The van der Waals surface area contributed by atoms with Gasteiger partial charge in [0.1, 0.15) is 0 Å². The van der Waals surface area contributed by atoms with Crippen LogP contribution in [0.3, 0.4) is 0 Å². The average molecular weight is 242 g/mol. The maximum Gasteiger partial charge on any atom is 0.307 e. The van der Waals surface area contributed by atoms with Crippen LogP contribution in [0, 0.1) is 20.2 Å². The number of rotatable bonds is 5. The predicted molar refractivity (Wildman–Crippen MR) is 52.1 cm³/mol. The molecule has 0 aliphatic rings. The summed E-state index contributed by atoms with van der Waals surface area (Å²) >= 11 is 0. The van der Waals surface area contributed by atoms with E-state index in [1.54, 1.807) is 0 Å². The molecule has 1 rings (SSSR count). The van der Waals surface area contributed by atoms with E-state index in [9.17, 15) is 25.0 Å². The van der Waals surface area contributed by atoms with Gasteiger partial charge >= 0.3 is 5.97 Å². The Kier molecular flexibility index (Phi) is 3.55. The van der Waals surface area contributed by atoms with E-state index in [1.807, 2.05) is 0 Å². The van der Waals surface area contributed by atoms with E-state index < -0.39 is 33.8 Å². The van der Waals surface area contributed by atoms with E-state index in [0.717, 1.165) is 12.1 Å². The zero-order valence-corrected chi connectivity index (χ0v) is 8.23. The van der Waals surface area contributed by atoms with Crippen LogP contribution in [0.2, 0.25) is 0 Å². The predicted octanol–water partition coefficient (Wildman–Crippen LogP) is 0.792. The highest BCUT2D eigenvalue weighted by Crippen LogP contribution is 2.28. The number of hydrogen-bond donors (Lipinski definition) is 1. The molecule has 0 bridgehead atoms. The number of carbonyl (C=O) groups is 1. The molecule has 9 nitrogen and oxygen atoms in total. The van der Waals surface area contributed by atoms with E-state index in [4.69, 9.17) is 5.11 Å². The van der Waals surface area contributed by atoms with Crippen molar-refractivity contribution in [2.45, 2.75) is 6.42 Å². The van der Waals surface area contributed by atoms with Gasteiger partial charge in [-0.3, -0.25) is 19.7 Å². The van der Waals surface area contributed by atoms with Gasteiger partial charge < -0.3 is 5.11 Å². The summed E-state index contributed by atoms with van der Waals surface area (Å²) in [6.45, 7) is 0. The minimum Gasteiger partial charge on any atom is -0.481 e. The minimum absolute atomic E-state index is 0.153. The van der Waals surface area contributed by atoms with Crippen LogP contribution in [-0.4, -0.2) is 21.1 Å². The van der Waals surface area contributed by atoms with Crippen molar-refractivity contribution in [3.8, 4) is 5.75 Å². The fourth-order valence-electron chi connectivity index (χ4n) is 1.15. The fourth-order valence-corrected chi connectivity index (χ4v) is 1.15. The number of hydrogen-bond acceptors (Lipinski definition) is 6. The van der Waals surface area contributed by atoms with Crippen LogP contribution in [0.15, 0.2) is 18.2 Å². The minimum atomic E-state index is -1.18. The van der Waals surface area contributed by atoms with Gasteiger partial charge in [0, 0.05) is 6.07 Å². The molecule has 0 radical (unpaired) electrons. The van der Waals surface area contributed by atoms with Crippen molar-refractivity contribution in [3.05, 3.63) is 44.0 Å². The van der Waals surface area contributed by atoms with Crippen molar-refractivity contribution >= 4 is 11.7 Å². The van der Waals surface area contributed by atoms with Crippen LogP contribution in [0.4, 0.5) is 5.69 Å². The topological polar surface area (TPSA) is 133 Å². The molecule has 9 heteroatoms. The van der Waals surface area contributed by atoms with Crippen molar-refractivity contribution < 1.29 is 24.7 Å². The molecule has 0 aliphatic heterocycles. The molecule has 0 atom stereocenters. The molecule has 0 spiro atoms. The molecule has 0 saturated carbocycles. The molecule has 0 unspecified atom stereocenters. The Morgan fingerprint density at radius 2 is 2.00 bits per heavy atom. The maximum atomic E-state index is 10.6. The Morgan fingerprint density at radius 3 is 2.47 bits per heavy atom. The van der Waals surface area contributed by atoms with Crippen LogP contribution >= 0.6 is 0 Å². The van der Waals surface area contributed by atoms with Crippen LogP contribution in [-0.2, 0) is 11.2 Å². The standard InChI is InChI=1S/C8H6N2O7/c11-8(12)4-5-1-2-7(17-10(15)16)6(3-5)9(13)14/h1-3H,4H2,(H,11,12). The zero-order chi connectivity index (χ0) is 13.0. The molecular formula is C8H6N2O7. The van der Waals surface area contributed by atoms with Crippen LogP contribution in [0.25, 0.3) is 0 Å². The summed E-state index contributed by atoms with van der Waals surface area (Å²) < 4.78 is 0. The first-order valence-corrected chi connectivity index (χ1v) is 4.21. The van der Waals surface area contributed by atoms with Crippen molar-refractivity contribution in [1.82, 2.24) is 0 Å². The Hall–Kier alpha value is -2.71.